The van der Waals surface area contributed by atoms with E-state index < -0.39 is 17.5 Å². The molecule has 35 heavy (non-hydrogen) atoms. The minimum atomic E-state index is -0.913. The number of hydrogen-bond acceptors (Lipinski definition) is 5. The van der Waals surface area contributed by atoms with E-state index >= 15 is 0 Å². The first-order chi connectivity index (χ1) is 16.7. The lowest BCUT2D eigenvalue weighted by atomic mass is 9.64. The molecule has 2 fully saturated rings. The number of nitrogens with zero attached hydrogens (tertiary/aromatic N) is 4. The van der Waals surface area contributed by atoms with Gasteiger partial charge in [0.15, 0.2) is 5.82 Å². The quantitative estimate of drug-likeness (QED) is 0.651. The van der Waals surface area contributed by atoms with Crippen molar-refractivity contribution >= 4 is 23.5 Å². The standard InChI is InChI=1S/C26H34N6O3/c1-17-13-25(2,3)16-26(14-17)23(34)32(24(35)28-26)15-21(33)27-19-9-7-8-18(12-19)22-30-29-20-10-5-4-6-11-31(20)22/h7-9,12,17H,4-6,10-11,13-16H2,1-3H3,(H,27,33)(H,28,35). The van der Waals surface area contributed by atoms with Crippen LogP contribution in [0.2, 0.25) is 0 Å². The molecule has 1 aromatic carbocycles. The van der Waals surface area contributed by atoms with Gasteiger partial charge in [-0.15, -0.1) is 10.2 Å². The fraction of sp³-hybridized carbons (Fsp3) is 0.577. The van der Waals surface area contributed by atoms with Crippen molar-refractivity contribution in [2.75, 3.05) is 11.9 Å². The summed E-state index contributed by atoms with van der Waals surface area (Å²) in [6, 6.07) is 6.97. The Labute approximate surface area is 205 Å². The van der Waals surface area contributed by atoms with E-state index in [4.69, 9.17) is 0 Å². The molecule has 4 amide bonds. The van der Waals surface area contributed by atoms with Gasteiger partial charge in [-0.25, -0.2) is 4.79 Å². The van der Waals surface area contributed by atoms with Gasteiger partial charge in [0.1, 0.15) is 17.9 Å². The van der Waals surface area contributed by atoms with Gasteiger partial charge in [-0.2, -0.15) is 0 Å². The number of amides is 4. The van der Waals surface area contributed by atoms with Crippen molar-refractivity contribution in [3.05, 3.63) is 30.1 Å². The van der Waals surface area contributed by atoms with Crippen molar-refractivity contribution in [2.24, 2.45) is 11.3 Å². The SMILES string of the molecule is CC1CC(C)(C)CC2(C1)NC(=O)N(CC(=O)Nc1cccc(-c3nnc4n3CCCCC4)c1)C2=O. The number of aryl methyl sites for hydroxylation is 1. The van der Waals surface area contributed by atoms with E-state index in [-0.39, 0.29) is 17.9 Å². The summed E-state index contributed by atoms with van der Waals surface area (Å²) in [7, 11) is 0. The van der Waals surface area contributed by atoms with E-state index in [1.54, 1.807) is 6.07 Å². The number of nitrogens with one attached hydrogen (secondary N) is 2. The van der Waals surface area contributed by atoms with Gasteiger partial charge in [-0.3, -0.25) is 14.5 Å². The zero-order valence-electron chi connectivity index (χ0n) is 20.8. The fourth-order valence-electron chi connectivity index (χ4n) is 6.43. The molecule has 3 aliphatic rings. The number of urea groups is 1. The Morgan fingerprint density at radius 3 is 2.80 bits per heavy atom. The molecular formula is C26H34N6O3. The van der Waals surface area contributed by atoms with Crippen molar-refractivity contribution in [1.82, 2.24) is 25.0 Å². The maximum absolute atomic E-state index is 13.3. The minimum absolute atomic E-state index is 0.0563. The van der Waals surface area contributed by atoms with Gasteiger partial charge in [-0.1, -0.05) is 39.3 Å². The number of imide groups is 1. The van der Waals surface area contributed by atoms with Crippen LogP contribution in [0.3, 0.4) is 0 Å². The number of hydrogen-bond donors (Lipinski definition) is 2. The summed E-state index contributed by atoms with van der Waals surface area (Å²) in [5.74, 6) is 1.40. The Bertz CT molecular complexity index is 1170. The van der Waals surface area contributed by atoms with Crippen LogP contribution in [0.15, 0.2) is 24.3 Å². The summed E-state index contributed by atoms with van der Waals surface area (Å²) in [6.07, 6.45) is 6.50. The zero-order valence-corrected chi connectivity index (χ0v) is 20.8. The third-order valence-corrected chi connectivity index (χ3v) is 7.44. The lowest BCUT2D eigenvalue weighted by molar-refractivity contribution is -0.136. The average molecular weight is 479 g/mol. The summed E-state index contributed by atoms with van der Waals surface area (Å²) < 4.78 is 2.16. The molecule has 1 aromatic heterocycles. The van der Waals surface area contributed by atoms with Crippen molar-refractivity contribution in [3.63, 3.8) is 0 Å². The molecule has 0 bridgehead atoms. The van der Waals surface area contributed by atoms with Gasteiger partial charge < -0.3 is 15.2 Å². The van der Waals surface area contributed by atoms with E-state index in [1.807, 2.05) is 18.2 Å². The predicted octanol–water partition coefficient (Wildman–Crippen LogP) is 3.75. The Morgan fingerprint density at radius 2 is 2.00 bits per heavy atom. The van der Waals surface area contributed by atoms with Crippen LogP contribution < -0.4 is 10.6 Å². The number of anilines is 1. The monoisotopic (exact) mass is 478 g/mol. The van der Waals surface area contributed by atoms with E-state index in [0.717, 1.165) is 54.3 Å². The molecule has 2 unspecified atom stereocenters. The molecule has 1 saturated carbocycles. The third kappa shape index (κ3) is 4.56. The number of fused-ring (bicyclic) bond motifs is 1. The van der Waals surface area contributed by atoms with Gasteiger partial charge in [-0.05, 0) is 55.6 Å². The number of benzene rings is 1. The number of carbonyl (C=O) groups excluding carboxylic acids is 3. The van der Waals surface area contributed by atoms with Gasteiger partial charge in [0.25, 0.3) is 5.91 Å². The summed E-state index contributed by atoms with van der Waals surface area (Å²) in [5.41, 5.74) is 0.492. The zero-order chi connectivity index (χ0) is 24.8. The first-order valence-electron chi connectivity index (χ1n) is 12.6. The van der Waals surface area contributed by atoms with Crippen molar-refractivity contribution in [1.29, 1.82) is 0 Å². The lowest BCUT2D eigenvalue weighted by Gasteiger charge is -2.43. The summed E-state index contributed by atoms with van der Waals surface area (Å²) >= 11 is 0. The van der Waals surface area contributed by atoms with Crippen LogP contribution in [0, 0.1) is 11.3 Å². The van der Waals surface area contributed by atoms with Crippen molar-refractivity contribution in [3.8, 4) is 11.4 Å². The first-order valence-corrected chi connectivity index (χ1v) is 12.6. The minimum Gasteiger partial charge on any atom is -0.325 e. The van der Waals surface area contributed by atoms with Crippen molar-refractivity contribution < 1.29 is 14.4 Å². The molecule has 9 heteroatoms. The highest BCUT2D eigenvalue weighted by molar-refractivity contribution is 6.10. The molecule has 1 saturated heterocycles. The second kappa shape index (κ2) is 8.77. The van der Waals surface area contributed by atoms with Crippen LogP contribution in [0.25, 0.3) is 11.4 Å². The van der Waals surface area contributed by atoms with E-state index in [0.29, 0.717) is 24.4 Å². The fourth-order valence-corrected chi connectivity index (χ4v) is 6.43. The van der Waals surface area contributed by atoms with Crippen LogP contribution in [0.5, 0.6) is 0 Å². The highest BCUT2D eigenvalue weighted by Crippen LogP contribution is 2.46. The lowest BCUT2D eigenvalue weighted by Crippen LogP contribution is -2.54. The average Bonchev–Trinajstić information content (AvgIpc) is 3.15. The topological polar surface area (TPSA) is 109 Å². The van der Waals surface area contributed by atoms with Gasteiger partial charge >= 0.3 is 6.03 Å². The summed E-state index contributed by atoms with van der Waals surface area (Å²) in [4.78, 5) is 40.0. The van der Waals surface area contributed by atoms with Crippen LogP contribution in [-0.4, -0.2) is 49.6 Å². The first kappa shape index (κ1) is 23.5. The van der Waals surface area contributed by atoms with Gasteiger partial charge in [0, 0.05) is 24.2 Å². The number of carbonyl (C=O) groups is 3. The molecule has 2 atom stereocenters. The Kier molecular flexibility index (Phi) is 5.89. The normalized spacial score (nSPS) is 25.8. The molecule has 1 spiro atoms. The smallest absolute Gasteiger partial charge is 0.325 e. The van der Waals surface area contributed by atoms with Crippen molar-refractivity contribution in [2.45, 2.75) is 77.8 Å². The maximum atomic E-state index is 13.3. The molecular weight excluding hydrogens is 444 g/mol. The predicted molar refractivity (Wildman–Crippen MR) is 131 cm³/mol. The second-order valence-electron chi connectivity index (χ2n) is 11.3. The number of aromatic nitrogens is 3. The molecule has 5 rings (SSSR count). The van der Waals surface area contributed by atoms with Gasteiger partial charge in [0.2, 0.25) is 5.91 Å². The van der Waals surface area contributed by atoms with E-state index in [1.165, 1.54) is 6.42 Å². The Balaban J connectivity index is 1.29. The molecule has 1 aliphatic carbocycles. The van der Waals surface area contributed by atoms with E-state index in [2.05, 4.69) is 46.2 Å². The Morgan fingerprint density at radius 1 is 1.17 bits per heavy atom. The molecule has 3 heterocycles. The molecule has 0 radical (unpaired) electrons. The molecule has 9 nitrogen and oxygen atoms in total. The molecule has 2 aromatic rings. The second-order valence-corrected chi connectivity index (χ2v) is 11.3. The summed E-state index contributed by atoms with van der Waals surface area (Å²) in [6.45, 7) is 6.93. The largest absolute Gasteiger partial charge is 0.325 e. The van der Waals surface area contributed by atoms with Crippen LogP contribution in [-0.2, 0) is 22.6 Å². The highest BCUT2D eigenvalue weighted by atomic mass is 16.2. The maximum Gasteiger partial charge on any atom is 0.325 e. The molecule has 2 N–H and O–H groups in total. The van der Waals surface area contributed by atoms with Crippen LogP contribution in [0.1, 0.15) is 65.1 Å². The number of rotatable bonds is 4. The molecule has 186 valence electrons. The molecule has 2 aliphatic heterocycles. The van der Waals surface area contributed by atoms with Crippen LogP contribution in [0.4, 0.5) is 10.5 Å². The van der Waals surface area contributed by atoms with Gasteiger partial charge in [0.05, 0.1) is 0 Å². The Hall–Kier alpha value is -3.23. The highest BCUT2D eigenvalue weighted by Gasteiger charge is 2.56. The van der Waals surface area contributed by atoms with E-state index in [9.17, 15) is 14.4 Å². The summed E-state index contributed by atoms with van der Waals surface area (Å²) in [5, 5.41) is 14.5. The van der Waals surface area contributed by atoms with Crippen LogP contribution >= 0.6 is 0 Å². The third-order valence-electron chi connectivity index (χ3n) is 7.44.